The van der Waals surface area contributed by atoms with Gasteiger partial charge in [0.25, 0.3) is 10.0 Å². The molecule has 1 fully saturated rings. The van der Waals surface area contributed by atoms with E-state index in [1.54, 1.807) is 62.6 Å². The number of ether oxygens (including phenoxy) is 1. The quantitative estimate of drug-likeness (QED) is 0.344. The molecule has 0 saturated heterocycles. The Morgan fingerprint density at radius 3 is 2.27 bits per heavy atom. The molecule has 1 aliphatic carbocycles. The van der Waals surface area contributed by atoms with E-state index in [4.69, 9.17) is 4.74 Å². The van der Waals surface area contributed by atoms with Crippen molar-refractivity contribution in [3.8, 4) is 5.75 Å². The highest BCUT2D eigenvalue weighted by atomic mass is 32.2. The first kappa shape index (κ1) is 30.1. The SMILES string of the molecule is COc1ccc(CN(C(=O)CN(c2cccc(C)c2)S(=O)(=O)c2ccccc2)C(C)C(=O)NC2CCCCC2)cc1. The lowest BCUT2D eigenvalue weighted by Crippen LogP contribution is -2.53. The molecule has 1 aliphatic rings. The minimum absolute atomic E-state index is 0.0823. The number of sulfonamides is 1. The molecule has 4 rings (SSSR count). The van der Waals surface area contributed by atoms with Crippen LogP contribution in [0.15, 0.2) is 83.8 Å². The average molecular weight is 578 g/mol. The molecule has 0 radical (unpaired) electrons. The van der Waals surface area contributed by atoms with Crippen LogP contribution in [-0.2, 0) is 26.2 Å². The van der Waals surface area contributed by atoms with Gasteiger partial charge in [-0.25, -0.2) is 8.42 Å². The van der Waals surface area contributed by atoms with E-state index < -0.39 is 28.5 Å². The highest BCUT2D eigenvalue weighted by Crippen LogP contribution is 2.26. The van der Waals surface area contributed by atoms with Crippen molar-refractivity contribution in [2.24, 2.45) is 0 Å². The summed E-state index contributed by atoms with van der Waals surface area (Å²) in [6.45, 7) is 3.24. The Labute approximate surface area is 243 Å². The first-order chi connectivity index (χ1) is 19.7. The Morgan fingerprint density at radius 1 is 0.951 bits per heavy atom. The molecule has 0 spiro atoms. The van der Waals surface area contributed by atoms with Gasteiger partial charge in [0.1, 0.15) is 18.3 Å². The maximum Gasteiger partial charge on any atom is 0.264 e. The predicted molar refractivity (Wildman–Crippen MR) is 160 cm³/mol. The highest BCUT2D eigenvalue weighted by Gasteiger charge is 2.33. The van der Waals surface area contributed by atoms with Gasteiger partial charge in [0.2, 0.25) is 11.8 Å². The molecular formula is C32H39N3O5S. The van der Waals surface area contributed by atoms with Gasteiger partial charge in [0.15, 0.2) is 0 Å². The number of benzene rings is 3. The summed E-state index contributed by atoms with van der Waals surface area (Å²) in [7, 11) is -2.50. The second-order valence-electron chi connectivity index (χ2n) is 10.6. The summed E-state index contributed by atoms with van der Waals surface area (Å²) in [6, 6.07) is 21.6. The number of amides is 2. The predicted octanol–water partition coefficient (Wildman–Crippen LogP) is 5.07. The first-order valence-corrected chi connectivity index (χ1v) is 15.5. The summed E-state index contributed by atoms with van der Waals surface area (Å²) in [4.78, 5) is 29.0. The number of nitrogens with one attached hydrogen (secondary N) is 1. The second-order valence-corrected chi connectivity index (χ2v) is 12.4. The summed E-state index contributed by atoms with van der Waals surface area (Å²) in [6.07, 6.45) is 5.13. The second kappa shape index (κ2) is 13.7. The van der Waals surface area contributed by atoms with Crippen LogP contribution in [0.4, 0.5) is 5.69 Å². The molecule has 1 unspecified atom stereocenters. The zero-order chi connectivity index (χ0) is 29.4. The minimum Gasteiger partial charge on any atom is -0.497 e. The summed E-state index contributed by atoms with van der Waals surface area (Å²) in [5, 5.41) is 3.12. The number of rotatable bonds is 11. The fraction of sp³-hybridized carbons (Fsp3) is 0.375. The average Bonchev–Trinajstić information content (AvgIpc) is 2.99. The van der Waals surface area contributed by atoms with Gasteiger partial charge in [-0.1, -0.05) is 61.7 Å². The smallest absolute Gasteiger partial charge is 0.264 e. The number of carbonyl (C=O) groups excluding carboxylic acids is 2. The van der Waals surface area contributed by atoms with E-state index in [1.807, 2.05) is 25.1 Å². The number of nitrogens with zero attached hydrogens (tertiary/aromatic N) is 2. The molecule has 0 aromatic heterocycles. The van der Waals surface area contributed by atoms with Crippen LogP contribution in [0.25, 0.3) is 0 Å². The van der Waals surface area contributed by atoms with Gasteiger partial charge in [-0.2, -0.15) is 0 Å². The van der Waals surface area contributed by atoms with Gasteiger partial charge in [0, 0.05) is 12.6 Å². The summed E-state index contributed by atoms with van der Waals surface area (Å²) in [5.74, 6) is -0.0470. The van der Waals surface area contributed by atoms with E-state index in [0.717, 1.165) is 47.5 Å². The molecule has 1 saturated carbocycles. The van der Waals surface area contributed by atoms with Crippen molar-refractivity contribution >= 4 is 27.5 Å². The van der Waals surface area contributed by atoms with Crippen LogP contribution in [0, 0.1) is 6.92 Å². The van der Waals surface area contributed by atoms with Crippen molar-refractivity contribution in [1.82, 2.24) is 10.2 Å². The number of hydrogen-bond acceptors (Lipinski definition) is 5. The Bertz CT molecular complexity index is 1420. The van der Waals surface area contributed by atoms with Gasteiger partial charge in [0.05, 0.1) is 17.7 Å². The Morgan fingerprint density at radius 2 is 1.63 bits per heavy atom. The van der Waals surface area contributed by atoms with E-state index in [9.17, 15) is 18.0 Å². The summed E-state index contributed by atoms with van der Waals surface area (Å²) >= 11 is 0. The van der Waals surface area contributed by atoms with Crippen molar-refractivity contribution in [1.29, 1.82) is 0 Å². The maximum absolute atomic E-state index is 14.1. The molecule has 41 heavy (non-hydrogen) atoms. The van der Waals surface area contributed by atoms with Crippen molar-refractivity contribution < 1.29 is 22.7 Å². The number of hydrogen-bond donors (Lipinski definition) is 1. The minimum atomic E-state index is -4.08. The van der Waals surface area contributed by atoms with Crippen LogP contribution in [-0.4, -0.2) is 50.9 Å². The third-order valence-corrected chi connectivity index (χ3v) is 9.32. The van der Waals surface area contributed by atoms with Gasteiger partial charge < -0.3 is 15.0 Å². The lowest BCUT2D eigenvalue weighted by atomic mass is 9.95. The zero-order valence-electron chi connectivity index (χ0n) is 24.0. The van der Waals surface area contributed by atoms with Gasteiger partial charge >= 0.3 is 0 Å². The fourth-order valence-corrected chi connectivity index (χ4v) is 6.54. The van der Waals surface area contributed by atoms with Crippen LogP contribution in [0.1, 0.15) is 50.2 Å². The molecule has 8 nitrogen and oxygen atoms in total. The van der Waals surface area contributed by atoms with Gasteiger partial charge in [-0.15, -0.1) is 0 Å². The molecule has 0 heterocycles. The Balaban J connectivity index is 1.66. The highest BCUT2D eigenvalue weighted by molar-refractivity contribution is 7.92. The van der Waals surface area contributed by atoms with Crippen LogP contribution in [0.2, 0.25) is 0 Å². The van der Waals surface area contributed by atoms with Gasteiger partial charge in [-0.05, 0) is 74.2 Å². The molecule has 0 aliphatic heterocycles. The molecule has 1 atom stereocenters. The van der Waals surface area contributed by atoms with Gasteiger partial charge in [-0.3, -0.25) is 13.9 Å². The normalized spacial score (nSPS) is 14.6. The van der Waals surface area contributed by atoms with Crippen LogP contribution < -0.4 is 14.4 Å². The van der Waals surface area contributed by atoms with E-state index in [0.29, 0.717) is 11.4 Å². The van der Waals surface area contributed by atoms with Crippen LogP contribution in [0.5, 0.6) is 5.75 Å². The first-order valence-electron chi connectivity index (χ1n) is 14.1. The third-order valence-electron chi connectivity index (χ3n) is 7.53. The maximum atomic E-state index is 14.1. The fourth-order valence-electron chi connectivity index (χ4n) is 5.11. The van der Waals surface area contributed by atoms with E-state index in [1.165, 1.54) is 17.0 Å². The lowest BCUT2D eigenvalue weighted by Gasteiger charge is -2.33. The topological polar surface area (TPSA) is 96.0 Å². The standard InChI is InChI=1S/C32H39N3O5S/c1-24-11-10-14-28(21-24)35(41(38,39)30-15-8-5-9-16-30)23-31(36)34(22-26-17-19-29(40-3)20-18-26)25(2)32(37)33-27-12-6-4-7-13-27/h5,8-11,14-21,25,27H,4,6-7,12-13,22-23H2,1-3H3,(H,33,37). The summed E-state index contributed by atoms with van der Waals surface area (Å²) < 4.78 is 34.1. The molecule has 9 heteroatoms. The molecule has 1 N–H and O–H groups in total. The van der Waals surface area contributed by atoms with E-state index in [2.05, 4.69) is 5.32 Å². The molecular weight excluding hydrogens is 538 g/mol. The monoisotopic (exact) mass is 577 g/mol. The number of methoxy groups -OCH3 is 1. The van der Waals surface area contributed by atoms with Crippen molar-refractivity contribution in [2.75, 3.05) is 18.0 Å². The molecule has 3 aromatic rings. The largest absolute Gasteiger partial charge is 0.497 e. The van der Waals surface area contributed by atoms with Crippen molar-refractivity contribution in [3.05, 3.63) is 90.0 Å². The molecule has 3 aromatic carbocycles. The Kier molecular flexibility index (Phi) is 10.0. The molecule has 0 bridgehead atoms. The van der Waals surface area contributed by atoms with Crippen LogP contribution >= 0.6 is 0 Å². The van der Waals surface area contributed by atoms with Crippen molar-refractivity contribution in [3.63, 3.8) is 0 Å². The van der Waals surface area contributed by atoms with Crippen molar-refractivity contribution in [2.45, 2.75) is 69.5 Å². The summed E-state index contributed by atoms with van der Waals surface area (Å²) in [5.41, 5.74) is 2.04. The van der Waals surface area contributed by atoms with Crippen LogP contribution in [0.3, 0.4) is 0 Å². The number of carbonyl (C=O) groups is 2. The van der Waals surface area contributed by atoms with E-state index >= 15 is 0 Å². The zero-order valence-corrected chi connectivity index (χ0v) is 24.8. The molecule has 2 amide bonds. The Hall–Kier alpha value is -3.85. The number of aryl methyl sites for hydroxylation is 1. The third kappa shape index (κ3) is 7.67. The number of anilines is 1. The van der Waals surface area contributed by atoms with E-state index in [-0.39, 0.29) is 23.4 Å². The lowest BCUT2D eigenvalue weighted by molar-refractivity contribution is -0.139. The molecule has 218 valence electrons.